The van der Waals surface area contributed by atoms with E-state index in [2.05, 4.69) is 88.2 Å². The molecule has 0 N–H and O–H groups in total. The van der Waals surface area contributed by atoms with E-state index in [0.717, 1.165) is 55.9 Å². The van der Waals surface area contributed by atoms with Gasteiger partial charge in [-0.3, -0.25) is 0 Å². The summed E-state index contributed by atoms with van der Waals surface area (Å²) < 4.78 is 8.28. The molecule has 0 amide bonds. The largest absolute Gasteiger partial charge is 0.457 e. The first-order chi connectivity index (χ1) is 11.9. The molecule has 5 heteroatoms. The molecule has 0 saturated carbocycles. The predicted molar refractivity (Wildman–Crippen MR) is 119 cm³/mol. The molecule has 0 unspecified atom stereocenters. The minimum atomic E-state index is 0.839. The fraction of sp³-hybridized carbons (Fsp3) is 0.350. The average molecular weight is 515 g/mol. The summed E-state index contributed by atoms with van der Waals surface area (Å²) in [6.07, 6.45) is 3.07. The first-order valence-corrected chi connectivity index (χ1v) is 10.3. The average Bonchev–Trinajstić information content (AvgIpc) is 2.58. The Morgan fingerprint density at radius 3 is 2.56 bits per heavy atom. The minimum absolute atomic E-state index is 0.839. The molecule has 0 aromatic heterocycles. The highest BCUT2D eigenvalue weighted by molar-refractivity contribution is 14.1. The van der Waals surface area contributed by atoms with E-state index in [1.807, 2.05) is 24.5 Å². The minimum Gasteiger partial charge on any atom is -0.457 e. The SMILES string of the molecule is CCCN(C=Nc1cc(C)c(Oc2ccc(Br)c(I)c2)cc1C)CC. The third kappa shape index (κ3) is 5.71. The van der Waals surface area contributed by atoms with E-state index in [1.165, 1.54) is 0 Å². The Kier molecular flexibility index (Phi) is 7.75. The highest BCUT2D eigenvalue weighted by Crippen LogP contribution is 2.33. The van der Waals surface area contributed by atoms with Crippen LogP contribution in [0.5, 0.6) is 11.5 Å². The van der Waals surface area contributed by atoms with Gasteiger partial charge in [-0.15, -0.1) is 0 Å². The molecule has 134 valence electrons. The highest BCUT2D eigenvalue weighted by atomic mass is 127. The Morgan fingerprint density at radius 2 is 1.92 bits per heavy atom. The molecule has 0 heterocycles. The Morgan fingerprint density at radius 1 is 1.16 bits per heavy atom. The van der Waals surface area contributed by atoms with Crippen molar-refractivity contribution >= 4 is 50.5 Å². The van der Waals surface area contributed by atoms with Gasteiger partial charge < -0.3 is 9.64 Å². The van der Waals surface area contributed by atoms with E-state index in [1.54, 1.807) is 0 Å². The molecule has 2 aromatic carbocycles. The Labute approximate surface area is 172 Å². The van der Waals surface area contributed by atoms with Crippen molar-refractivity contribution in [3.8, 4) is 11.5 Å². The topological polar surface area (TPSA) is 24.8 Å². The fourth-order valence-electron chi connectivity index (χ4n) is 2.42. The molecule has 0 aliphatic carbocycles. The van der Waals surface area contributed by atoms with Crippen molar-refractivity contribution in [2.45, 2.75) is 34.1 Å². The van der Waals surface area contributed by atoms with Gasteiger partial charge in [0.25, 0.3) is 0 Å². The van der Waals surface area contributed by atoms with Gasteiger partial charge in [-0.05, 0) is 107 Å². The Hall–Kier alpha value is -1.08. The molecule has 0 bridgehead atoms. The van der Waals surface area contributed by atoms with Crippen LogP contribution in [0.4, 0.5) is 5.69 Å². The van der Waals surface area contributed by atoms with E-state index in [0.29, 0.717) is 0 Å². The van der Waals surface area contributed by atoms with Gasteiger partial charge in [-0.1, -0.05) is 6.92 Å². The smallest absolute Gasteiger partial charge is 0.130 e. The van der Waals surface area contributed by atoms with Crippen molar-refractivity contribution in [2.24, 2.45) is 4.99 Å². The molecule has 0 radical (unpaired) electrons. The standard InChI is InChI=1S/C20H24BrIN2O/c1-5-9-24(6-2)13-23-19-10-15(4)20(11-14(19)3)25-16-7-8-17(21)18(22)12-16/h7-8,10-13H,5-6,9H2,1-4H3. The van der Waals surface area contributed by atoms with Gasteiger partial charge in [-0.25, -0.2) is 4.99 Å². The molecular formula is C20H24BrIN2O. The summed E-state index contributed by atoms with van der Waals surface area (Å²) in [7, 11) is 0. The number of nitrogens with zero attached hydrogens (tertiary/aromatic N) is 2. The number of hydrogen-bond acceptors (Lipinski definition) is 2. The lowest BCUT2D eigenvalue weighted by Crippen LogP contribution is -2.21. The molecule has 25 heavy (non-hydrogen) atoms. The third-order valence-corrected chi connectivity index (χ3v) is 6.21. The molecule has 3 nitrogen and oxygen atoms in total. The summed E-state index contributed by atoms with van der Waals surface area (Å²) in [6, 6.07) is 10.1. The zero-order valence-electron chi connectivity index (χ0n) is 15.1. The fourth-order valence-corrected chi connectivity index (χ4v) is 3.15. The van der Waals surface area contributed by atoms with Gasteiger partial charge >= 0.3 is 0 Å². The maximum atomic E-state index is 6.08. The van der Waals surface area contributed by atoms with Crippen LogP contribution in [-0.2, 0) is 0 Å². The summed E-state index contributed by atoms with van der Waals surface area (Å²) in [5.41, 5.74) is 3.18. The third-order valence-electron chi connectivity index (χ3n) is 3.89. The second kappa shape index (κ2) is 9.57. The zero-order valence-corrected chi connectivity index (χ0v) is 18.9. The van der Waals surface area contributed by atoms with E-state index in [9.17, 15) is 0 Å². The maximum absolute atomic E-state index is 6.08. The molecule has 2 aromatic rings. The lowest BCUT2D eigenvalue weighted by Gasteiger charge is -2.16. The lowest BCUT2D eigenvalue weighted by atomic mass is 10.1. The number of hydrogen-bond donors (Lipinski definition) is 0. The Balaban J connectivity index is 2.21. The lowest BCUT2D eigenvalue weighted by molar-refractivity contribution is 0.452. The van der Waals surface area contributed by atoms with Crippen molar-refractivity contribution < 1.29 is 4.74 Å². The summed E-state index contributed by atoms with van der Waals surface area (Å²) in [5.74, 6) is 1.71. The molecule has 0 saturated heterocycles. The molecule has 2 rings (SSSR count). The van der Waals surface area contributed by atoms with Crippen LogP contribution in [0.1, 0.15) is 31.4 Å². The van der Waals surface area contributed by atoms with Crippen molar-refractivity contribution in [1.82, 2.24) is 4.90 Å². The monoisotopic (exact) mass is 514 g/mol. The molecule has 0 spiro atoms. The van der Waals surface area contributed by atoms with E-state index in [-0.39, 0.29) is 0 Å². The number of ether oxygens (including phenoxy) is 1. The molecule has 0 aliphatic rings. The van der Waals surface area contributed by atoms with Crippen LogP contribution in [-0.4, -0.2) is 24.3 Å². The zero-order chi connectivity index (χ0) is 18.4. The number of rotatable bonds is 7. The number of benzene rings is 2. The number of aryl methyl sites for hydroxylation is 2. The molecule has 0 fully saturated rings. The van der Waals surface area contributed by atoms with Crippen molar-refractivity contribution in [3.63, 3.8) is 0 Å². The van der Waals surface area contributed by atoms with Crippen LogP contribution in [0, 0.1) is 17.4 Å². The van der Waals surface area contributed by atoms with Crippen LogP contribution in [0.3, 0.4) is 0 Å². The number of aliphatic imine (C=N–C) groups is 1. The summed E-state index contributed by atoms with van der Waals surface area (Å²) in [4.78, 5) is 6.89. The predicted octanol–water partition coefficient (Wildman–Crippen LogP) is 6.85. The normalized spacial score (nSPS) is 11.1. The van der Waals surface area contributed by atoms with Gasteiger partial charge in [0, 0.05) is 21.1 Å². The number of halogens is 2. The van der Waals surface area contributed by atoms with Crippen LogP contribution >= 0.6 is 38.5 Å². The van der Waals surface area contributed by atoms with E-state index < -0.39 is 0 Å². The van der Waals surface area contributed by atoms with Crippen molar-refractivity contribution in [2.75, 3.05) is 13.1 Å². The first kappa shape index (κ1) is 20.2. The van der Waals surface area contributed by atoms with Crippen molar-refractivity contribution in [3.05, 3.63) is 49.5 Å². The van der Waals surface area contributed by atoms with E-state index in [4.69, 9.17) is 4.74 Å². The van der Waals surface area contributed by atoms with Gasteiger partial charge in [0.2, 0.25) is 0 Å². The van der Waals surface area contributed by atoms with Crippen LogP contribution in [0.15, 0.2) is 39.8 Å². The van der Waals surface area contributed by atoms with Crippen LogP contribution < -0.4 is 4.74 Å². The van der Waals surface area contributed by atoms with Gasteiger partial charge in [0.1, 0.15) is 11.5 Å². The molecular weight excluding hydrogens is 491 g/mol. The molecule has 0 atom stereocenters. The van der Waals surface area contributed by atoms with Gasteiger partial charge in [-0.2, -0.15) is 0 Å². The quantitative estimate of drug-likeness (QED) is 0.229. The second-order valence-corrected chi connectivity index (χ2v) is 7.97. The summed E-state index contributed by atoms with van der Waals surface area (Å²) >= 11 is 5.80. The van der Waals surface area contributed by atoms with Crippen LogP contribution in [0.25, 0.3) is 0 Å². The maximum Gasteiger partial charge on any atom is 0.130 e. The highest BCUT2D eigenvalue weighted by Gasteiger charge is 2.08. The summed E-state index contributed by atoms with van der Waals surface area (Å²) in [6.45, 7) is 10.5. The van der Waals surface area contributed by atoms with Crippen molar-refractivity contribution in [1.29, 1.82) is 0 Å². The van der Waals surface area contributed by atoms with Gasteiger partial charge in [0.15, 0.2) is 0 Å². The van der Waals surface area contributed by atoms with E-state index >= 15 is 0 Å². The van der Waals surface area contributed by atoms with Crippen LogP contribution in [0.2, 0.25) is 0 Å². The first-order valence-electron chi connectivity index (χ1n) is 8.47. The second-order valence-electron chi connectivity index (χ2n) is 5.96. The summed E-state index contributed by atoms with van der Waals surface area (Å²) in [5, 5.41) is 0. The molecule has 0 aliphatic heterocycles. The van der Waals surface area contributed by atoms with Gasteiger partial charge in [0.05, 0.1) is 12.0 Å². The Bertz CT molecular complexity index is 762.